The lowest BCUT2D eigenvalue weighted by molar-refractivity contribution is 0.145. The number of rotatable bonds is 8. The predicted molar refractivity (Wildman–Crippen MR) is 104 cm³/mol. The highest BCUT2D eigenvalue weighted by atomic mass is 16.5. The van der Waals surface area contributed by atoms with E-state index >= 15 is 0 Å². The number of para-hydroxylation sites is 1. The number of hydrogen-bond acceptors (Lipinski definition) is 3. The van der Waals surface area contributed by atoms with E-state index in [1.165, 1.54) is 37.3 Å². The Hall–Kier alpha value is -1.84. The van der Waals surface area contributed by atoms with Gasteiger partial charge in [-0.3, -0.25) is 0 Å². The van der Waals surface area contributed by atoms with Crippen LogP contribution >= 0.6 is 0 Å². The minimum Gasteiger partial charge on any atom is -0.493 e. The summed E-state index contributed by atoms with van der Waals surface area (Å²) in [6.07, 6.45) is 3.18. The van der Waals surface area contributed by atoms with E-state index in [-0.39, 0.29) is 0 Å². The van der Waals surface area contributed by atoms with E-state index in [0.717, 1.165) is 38.2 Å². The molecule has 0 unspecified atom stereocenters. The zero-order valence-corrected chi connectivity index (χ0v) is 15.4. The van der Waals surface area contributed by atoms with Crippen molar-refractivity contribution in [1.29, 1.82) is 0 Å². The second-order valence-electron chi connectivity index (χ2n) is 6.94. The highest BCUT2D eigenvalue weighted by Gasteiger charge is 2.13. The lowest BCUT2D eigenvalue weighted by Gasteiger charge is -2.32. The molecule has 2 aromatic carbocycles. The quantitative estimate of drug-likeness (QED) is 0.685. The van der Waals surface area contributed by atoms with Crippen LogP contribution in [0.2, 0.25) is 0 Å². The summed E-state index contributed by atoms with van der Waals surface area (Å²) in [6.45, 7) is 6.68. The number of ether oxygens (including phenoxy) is 1. The standard InChI is InChI=1S/C22H30N2O/c1-23-15-17-24(18-16-23)14-7-19-25-22-11-6-5-10-21(22)13-12-20-8-3-2-4-9-20/h2-6,8-11H,7,12-19H2,1H3. The fourth-order valence-corrected chi connectivity index (χ4v) is 3.32. The van der Waals surface area contributed by atoms with Crippen LogP contribution < -0.4 is 4.74 Å². The molecule has 1 aliphatic rings. The van der Waals surface area contributed by atoms with Gasteiger partial charge in [0.2, 0.25) is 0 Å². The van der Waals surface area contributed by atoms with Crippen molar-refractivity contribution in [3.63, 3.8) is 0 Å². The molecule has 0 aromatic heterocycles. The lowest BCUT2D eigenvalue weighted by Crippen LogP contribution is -2.44. The largest absolute Gasteiger partial charge is 0.493 e. The van der Waals surface area contributed by atoms with E-state index in [1.54, 1.807) is 0 Å². The maximum atomic E-state index is 6.10. The third-order valence-electron chi connectivity index (χ3n) is 4.97. The fraction of sp³-hybridized carbons (Fsp3) is 0.455. The summed E-state index contributed by atoms with van der Waals surface area (Å²) in [5, 5.41) is 0. The van der Waals surface area contributed by atoms with Crippen LogP contribution in [0.25, 0.3) is 0 Å². The highest BCUT2D eigenvalue weighted by molar-refractivity contribution is 5.34. The van der Waals surface area contributed by atoms with Crippen molar-refractivity contribution in [3.8, 4) is 5.75 Å². The number of nitrogens with zero attached hydrogens (tertiary/aromatic N) is 2. The molecule has 1 heterocycles. The summed E-state index contributed by atoms with van der Waals surface area (Å²) in [5.41, 5.74) is 2.69. The van der Waals surface area contributed by atoms with Crippen LogP contribution in [-0.4, -0.2) is 56.2 Å². The minimum atomic E-state index is 0.800. The first-order valence-corrected chi connectivity index (χ1v) is 9.47. The fourth-order valence-electron chi connectivity index (χ4n) is 3.32. The minimum absolute atomic E-state index is 0.800. The molecule has 0 aliphatic carbocycles. The van der Waals surface area contributed by atoms with Gasteiger partial charge >= 0.3 is 0 Å². The molecule has 0 atom stereocenters. The molecular weight excluding hydrogens is 308 g/mol. The van der Waals surface area contributed by atoms with Gasteiger partial charge < -0.3 is 14.5 Å². The zero-order chi connectivity index (χ0) is 17.3. The van der Waals surface area contributed by atoms with Gasteiger partial charge in [0.05, 0.1) is 6.61 Å². The first kappa shape index (κ1) is 18.0. The molecule has 1 fully saturated rings. The van der Waals surface area contributed by atoms with Gasteiger partial charge in [-0.2, -0.15) is 0 Å². The molecule has 3 heteroatoms. The van der Waals surface area contributed by atoms with Crippen molar-refractivity contribution < 1.29 is 4.74 Å². The van der Waals surface area contributed by atoms with E-state index in [9.17, 15) is 0 Å². The molecule has 0 amide bonds. The molecule has 0 bridgehead atoms. The third kappa shape index (κ3) is 5.87. The Morgan fingerprint density at radius 1 is 0.840 bits per heavy atom. The highest BCUT2D eigenvalue weighted by Crippen LogP contribution is 2.20. The first-order chi connectivity index (χ1) is 12.3. The molecule has 25 heavy (non-hydrogen) atoms. The SMILES string of the molecule is CN1CCN(CCCOc2ccccc2CCc2ccccc2)CC1. The normalized spacial score (nSPS) is 16.0. The second-order valence-corrected chi connectivity index (χ2v) is 6.94. The molecular formula is C22H30N2O. The summed E-state index contributed by atoms with van der Waals surface area (Å²) in [6, 6.07) is 19.2. The van der Waals surface area contributed by atoms with E-state index in [1.807, 2.05) is 0 Å². The molecule has 1 aliphatic heterocycles. The molecule has 0 saturated carbocycles. The Labute approximate surface area is 152 Å². The Morgan fingerprint density at radius 2 is 1.56 bits per heavy atom. The van der Waals surface area contributed by atoms with Crippen molar-refractivity contribution in [3.05, 3.63) is 65.7 Å². The Kier molecular flexibility index (Phi) is 6.89. The van der Waals surface area contributed by atoms with Gasteiger partial charge in [-0.15, -0.1) is 0 Å². The average Bonchev–Trinajstić information content (AvgIpc) is 2.66. The number of hydrogen-bond donors (Lipinski definition) is 0. The third-order valence-corrected chi connectivity index (χ3v) is 4.97. The van der Waals surface area contributed by atoms with Gasteiger partial charge in [0.25, 0.3) is 0 Å². The molecule has 0 N–H and O–H groups in total. The number of likely N-dealkylation sites (N-methyl/N-ethyl adjacent to an activating group) is 1. The van der Waals surface area contributed by atoms with Crippen molar-refractivity contribution in [1.82, 2.24) is 9.80 Å². The number of benzene rings is 2. The Balaban J connectivity index is 1.43. The maximum Gasteiger partial charge on any atom is 0.122 e. The van der Waals surface area contributed by atoms with Gasteiger partial charge in [0, 0.05) is 32.7 Å². The molecule has 2 aromatic rings. The maximum absolute atomic E-state index is 6.10. The molecule has 134 valence electrons. The van der Waals surface area contributed by atoms with Gasteiger partial charge in [0.15, 0.2) is 0 Å². The van der Waals surface area contributed by atoms with Gasteiger partial charge in [-0.25, -0.2) is 0 Å². The molecule has 0 radical (unpaired) electrons. The van der Waals surface area contributed by atoms with Gasteiger partial charge in [-0.05, 0) is 43.5 Å². The van der Waals surface area contributed by atoms with Crippen molar-refractivity contribution >= 4 is 0 Å². The van der Waals surface area contributed by atoms with E-state index in [4.69, 9.17) is 4.74 Å². The Morgan fingerprint density at radius 3 is 2.36 bits per heavy atom. The zero-order valence-electron chi connectivity index (χ0n) is 15.4. The lowest BCUT2D eigenvalue weighted by atomic mass is 10.0. The monoisotopic (exact) mass is 338 g/mol. The topological polar surface area (TPSA) is 15.7 Å². The van der Waals surface area contributed by atoms with Crippen LogP contribution in [0.3, 0.4) is 0 Å². The van der Waals surface area contributed by atoms with Crippen LogP contribution in [0.5, 0.6) is 5.75 Å². The molecule has 3 nitrogen and oxygen atoms in total. The van der Waals surface area contributed by atoms with Crippen LogP contribution in [0.1, 0.15) is 17.5 Å². The average molecular weight is 338 g/mol. The van der Waals surface area contributed by atoms with Crippen LogP contribution in [0.4, 0.5) is 0 Å². The van der Waals surface area contributed by atoms with E-state index < -0.39 is 0 Å². The number of piperazine rings is 1. The predicted octanol–water partition coefficient (Wildman–Crippen LogP) is 3.49. The molecule has 3 rings (SSSR count). The van der Waals surface area contributed by atoms with Gasteiger partial charge in [-0.1, -0.05) is 48.5 Å². The smallest absolute Gasteiger partial charge is 0.122 e. The van der Waals surface area contributed by atoms with E-state index in [2.05, 4.69) is 71.4 Å². The summed E-state index contributed by atoms with van der Waals surface area (Å²) in [5.74, 6) is 1.05. The van der Waals surface area contributed by atoms with Crippen molar-refractivity contribution in [2.45, 2.75) is 19.3 Å². The summed E-state index contributed by atoms with van der Waals surface area (Å²) in [4.78, 5) is 4.95. The van der Waals surface area contributed by atoms with Crippen LogP contribution in [0.15, 0.2) is 54.6 Å². The van der Waals surface area contributed by atoms with Gasteiger partial charge in [0.1, 0.15) is 5.75 Å². The molecule has 0 spiro atoms. The van der Waals surface area contributed by atoms with E-state index in [0.29, 0.717) is 0 Å². The summed E-state index contributed by atoms with van der Waals surface area (Å²) < 4.78 is 6.10. The summed E-state index contributed by atoms with van der Waals surface area (Å²) in [7, 11) is 2.20. The van der Waals surface area contributed by atoms with Crippen LogP contribution in [0, 0.1) is 0 Å². The molecule has 1 saturated heterocycles. The van der Waals surface area contributed by atoms with Crippen LogP contribution in [-0.2, 0) is 12.8 Å². The van der Waals surface area contributed by atoms with Crippen molar-refractivity contribution in [2.75, 3.05) is 46.4 Å². The Bertz CT molecular complexity index is 621. The number of aryl methyl sites for hydroxylation is 2. The first-order valence-electron chi connectivity index (χ1n) is 9.47. The summed E-state index contributed by atoms with van der Waals surface area (Å²) >= 11 is 0. The second kappa shape index (κ2) is 9.59. The van der Waals surface area contributed by atoms with Crippen molar-refractivity contribution in [2.24, 2.45) is 0 Å².